The van der Waals surface area contributed by atoms with Gasteiger partial charge in [-0.15, -0.1) is 0 Å². The molecule has 0 atom stereocenters. The van der Waals surface area contributed by atoms with Crippen molar-refractivity contribution in [2.24, 2.45) is 11.6 Å². The SMILES string of the molecule is N/C(=C\N(N)c1cnc(C2=CCCCC2)c(F)c1)C(=O)Nc1c[nH]c2cc(F)c(F)cc12. The van der Waals surface area contributed by atoms with E-state index in [2.05, 4.69) is 15.3 Å². The second-order valence-electron chi connectivity index (χ2n) is 7.46. The number of amides is 1. The number of anilines is 2. The molecule has 32 heavy (non-hydrogen) atoms. The number of aromatic amines is 1. The van der Waals surface area contributed by atoms with Crippen molar-refractivity contribution in [3.8, 4) is 0 Å². The van der Waals surface area contributed by atoms with Crippen LogP contribution in [-0.4, -0.2) is 15.9 Å². The minimum Gasteiger partial charge on any atom is -0.393 e. The first-order chi connectivity index (χ1) is 15.3. The highest BCUT2D eigenvalue weighted by molar-refractivity contribution is 6.08. The van der Waals surface area contributed by atoms with Crippen molar-refractivity contribution in [2.75, 3.05) is 10.3 Å². The van der Waals surface area contributed by atoms with E-state index >= 15 is 0 Å². The second kappa shape index (κ2) is 8.75. The van der Waals surface area contributed by atoms with Crippen LogP contribution in [0, 0.1) is 17.5 Å². The van der Waals surface area contributed by atoms with Crippen molar-refractivity contribution in [1.82, 2.24) is 9.97 Å². The molecule has 1 amide bonds. The number of halogens is 3. The Morgan fingerprint density at radius 2 is 1.94 bits per heavy atom. The predicted molar refractivity (Wildman–Crippen MR) is 116 cm³/mol. The number of rotatable bonds is 5. The van der Waals surface area contributed by atoms with Gasteiger partial charge >= 0.3 is 0 Å². The molecule has 3 aromatic rings. The molecular weight excluding hydrogens is 421 g/mol. The number of allylic oxidation sites excluding steroid dienone is 2. The van der Waals surface area contributed by atoms with Crippen LogP contribution >= 0.6 is 0 Å². The van der Waals surface area contributed by atoms with E-state index in [0.29, 0.717) is 11.2 Å². The number of hydrogen-bond donors (Lipinski definition) is 4. The van der Waals surface area contributed by atoms with Gasteiger partial charge in [0.1, 0.15) is 11.4 Å². The van der Waals surface area contributed by atoms with Crippen molar-refractivity contribution in [2.45, 2.75) is 25.7 Å². The highest BCUT2D eigenvalue weighted by atomic mass is 19.2. The summed E-state index contributed by atoms with van der Waals surface area (Å²) in [7, 11) is 0. The van der Waals surface area contributed by atoms with Crippen LogP contribution in [0.3, 0.4) is 0 Å². The van der Waals surface area contributed by atoms with E-state index in [-0.39, 0.29) is 22.5 Å². The summed E-state index contributed by atoms with van der Waals surface area (Å²) < 4.78 is 41.5. The largest absolute Gasteiger partial charge is 0.393 e. The zero-order valence-electron chi connectivity index (χ0n) is 17.0. The Kier molecular flexibility index (Phi) is 5.87. The number of fused-ring (bicyclic) bond motifs is 1. The van der Waals surface area contributed by atoms with Gasteiger partial charge in [-0.25, -0.2) is 19.0 Å². The van der Waals surface area contributed by atoms with E-state index < -0.39 is 23.4 Å². The summed E-state index contributed by atoms with van der Waals surface area (Å²) in [6.07, 6.45) is 9.61. The van der Waals surface area contributed by atoms with E-state index in [1.807, 2.05) is 6.08 Å². The van der Waals surface area contributed by atoms with E-state index in [9.17, 15) is 18.0 Å². The fourth-order valence-corrected chi connectivity index (χ4v) is 3.56. The van der Waals surface area contributed by atoms with Crippen molar-refractivity contribution in [3.05, 3.63) is 71.7 Å². The smallest absolute Gasteiger partial charge is 0.273 e. The standard InChI is InChI=1S/C22H21F3N6O/c23-15-7-14-19(8-16(15)24)28-10-20(14)30-22(32)18(26)11-31(27)13-6-17(25)21(29-9-13)12-4-2-1-3-5-12/h4,6-11,28H,1-3,5,26-27H2,(H,30,32)/b18-11-. The summed E-state index contributed by atoms with van der Waals surface area (Å²) in [5.41, 5.74) is 7.40. The molecule has 1 aliphatic carbocycles. The molecule has 6 N–H and O–H groups in total. The molecule has 10 heteroatoms. The fourth-order valence-electron chi connectivity index (χ4n) is 3.56. The number of carbonyl (C=O) groups is 1. The van der Waals surface area contributed by atoms with Gasteiger partial charge in [-0.2, -0.15) is 0 Å². The Morgan fingerprint density at radius 1 is 1.16 bits per heavy atom. The number of nitrogens with one attached hydrogen (secondary N) is 2. The van der Waals surface area contributed by atoms with Crippen LogP contribution in [0.4, 0.5) is 24.5 Å². The van der Waals surface area contributed by atoms with Crippen LogP contribution in [0.15, 0.2) is 48.6 Å². The number of hydrogen-bond acceptors (Lipinski definition) is 5. The van der Waals surface area contributed by atoms with Crippen LogP contribution < -0.4 is 21.9 Å². The summed E-state index contributed by atoms with van der Waals surface area (Å²) in [5.74, 6) is 2.60. The van der Waals surface area contributed by atoms with E-state index in [0.717, 1.165) is 54.6 Å². The van der Waals surface area contributed by atoms with Crippen LogP contribution in [0.5, 0.6) is 0 Å². The van der Waals surface area contributed by atoms with Gasteiger partial charge in [-0.05, 0) is 37.3 Å². The van der Waals surface area contributed by atoms with Crippen LogP contribution in [0.25, 0.3) is 16.5 Å². The third-order valence-corrected chi connectivity index (χ3v) is 5.23. The van der Waals surface area contributed by atoms with Gasteiger partial charge in [0.15, 0.2) is 17.5 Å². The lowest BCUT2D eigenvalue weighted by molar-refractivity contribution is -0.112. The van der Waals surface area contributed by atoms with Gasteiger partial charge < -0.3 is 16.0 Å². The first-order valence-electron chi connectivity index (χ1n) is 9.97. The Balaban J connectivity index is 1.50. The molecule has 0 bridgehead atoms. The zero-order valence-corrected chi connectivity index (χ0v) is 17.0. The van der Waals surface area contributed by atoms with E-state index in [1.165, 1.54) is 18.5 Å². The maximum absolute atomic E-state index is 14.6. The molecule has 0 unspecified atom stereocenters. The highest BCUT2D eigenvalue weighted by Gasteiger charge is 2.16. The Bertz CT molecular complexity index is 1250. The molecule has 1 aromatic carbocycles. The number of hydrazine groups is 1. The van der Waals surface area contributed by atoms with E-state index in [4.69, 9.17) is 11.6 Å². The Morgan fingerprint density at radius 3 is 2.66 bits per heavy atom. The predicted octanol–water partition coefficient (Wildman–Crippen LogP) is 4.06. The molecule has 0 radical (unpaired) electrons. The molecule has 0 saturated carbocycles. The van der Waals surface area contributed by atoms with Crippen molar-refractivity contribution >= 4 is 33.8 Å². The topological polar surface area (TPSA) is 113 Å². The van der Waals surface area contributed by atoms with Gasteiger partial charge in [0.05, 0.1) is 29.3 Å². The lowest BCUT2D eigenvalue weighted by atomic mass is 9.96. The molecule has 2 aromatic heterocycles. The van der Waals surface area contributed by atoms with Crippen LogP contribution in [0.2, 0.25) is 0 Å². The number of carbonyl (C=O) groups excluding carboxylic acids is 1. The quantitative estimate of drug-likeness (QED) is 0.270. The first kappa shape index (κ1) is 21.4. The average molecular weight is 442 g/mol. The van der Waals surface area contributed by atoms with Gasteiger partial charge in [-0.1, -0.05) is 6.08 Å². The van der Waals surface area contributed by atoms with Crippen molar-refractivity contribution in [1.29, 1.82) is 0 Å². The van der Waals surface area contributed by atoms with Gasteiger partial charge in [0.2, 0.25) is 0 Å². The summed E-state index contributed by atoms with van der Waals surface area (Å²) in [4.78, 5) is 19.3. The Hall–Kier alpha value is -3.79. The molecule has 0 fully saturated rings. The third kappa shape index (κ3) is 4.30. The number of aromatic nitrogens is 2. The molecule has 2 heterocycles. The number of benzene rings is 1. The van der Waals surface area contributed by atoms with E-state index in [1.54, 1.807) is 0 Å². The Labute approximate surface area is 181 Å². The third-order valence-electron chi connectivity index (χ3n) is 5.23. The number of H-pyrrole nitrogens is 1. The minimum absolute atomic E-state index is 0.197. The second-order valence-corrected chi connectivity index (χ2v) is 7.46. The van der Waals surface area contributed by atoms with Gasteiger partial charge in [-0.3, -0.25) is 14.8 Å². The molecular formula is C22H21F3N6O. The van der Waals surface area contributed by atoms with Crippen molar-refractivity contribution < 1.29 is 18.0 Å². The maximum Gasteiger partial charge on any atom is 0.273 e. The van der Waals surface area contributed by atoms with Crippen molar-refractivity contribution in [3.63, 3.8) is 0 Å². The highest BCUT2D eigenvalue weighted by Crippen LogP contribution is 2.29. The number of nitrogens with zero attached hydrogens (tertiary/aromatic N) is 2. The van der Waals surface area contributed by atoms with Crippen LogP contribution in [-0.2, 0) is 4.79 Å². The summed E-state index contributed by atoms with van der Waals surface area (Å²) >= 11 is 0. The normalized spacial score (nSPS) is 14.4. The first-order valence-corrected chi connectivity index (χ1v) is 9.97. The van der Waals surface area contributed by atoms with Gasteiger partial charge in [0.25, 0.3) is 5.91 Å². The van der Waals surface area contributed by atoms with Gasteiger partial charge in [0, 0.05) is 23.7 Å². The summed E-state index contributed by atoms with van der Waals surface area (Å²) in [6.45, 7) is 0. The number of pyridine rings is 1. The average Bonchev–Trinajstić information content (AvgIpc) is 3.15. The maximum atomic E-state index is 14.6. The summed E-state index contributed by atoms with van der Waals surface area (Å²) in [6, 6.07) is 3.16. The molecule has 0 saturated heterocycles. The lowest BCUT2D eigenvalue weighted by Crippen LogP contribution is -2.29. The molecule has 4 rings (SSSR count). The zero-order chi connectivity index (χ0) is 22.8. The lowest BCUT2D eigenvalue weighted by Gasteiger charge is -2.17. The molecule has 0 spiro atoms. The van der Waals surface area contributed by atoms with Crippen LogP contribution in [0.1, 0.15) is 31.4 Å². The number of nitrogens with two attached hydrogens (primary N) is 2. The fraction of sp³-hybridized carbons (Fsp3) is 0.182. The molecule has 166 valence electrons. The minimum atomic E-state index is -1.05. The monoisotopic (exact) mass is 442 g/mol. The molecule has 1 aliphatic rings. The molecule has 7 nitrogen and oxygen atoms in total. The molecule has 0 aliphatic heterocycles. The summed E-state index contributed by atoms with van der Waals surface area (Å²) in [5, 5.41) is 3.75.